The highest BCUT2D eigenvalue weighted by atomic mass is 35.5. The van der Waals surface area contributed by atoms with Crippen molar-refractivity contribution in [2.45, 2.75) is 6.92 Å². The maximum Gasteiger partial charge on any atom is 0.273 e. The standard InChI is InChI=1S/C11H10ClN3O2/c1-6-3-2-4-7(9(6)13)17-11-8(12)10(16)14-5-15-11/h2-5H,13H2,1H3,(H,14,15,16). The number of anilines is 1. The lowest BCUT2D eigenvalue weighted by Crippen LogP contribution is -2.08. The number of aromatic nitrogens is 2. The predicted octanol–water partition coefficient (Wildman–Crippen LogP) is 2.11. The van der Waals surface area contributed by atoms with Crippen molar-refractivity contribution in [1.82, 2.24) is 9.97 Å². The molecule has 1 heterocycles. The minimum Gasteiger partial charge on any atom is -0.435 e. The van der Waals surface area contributed by atoms with Gasteiger partial charge in [0.05, 0.1) is 12.0 Å². The molecule has 3 N–H and O–H groups in total. The third-order valence-corrected chi connectivity index (χ3v) is 2.59. The number of hydrogen-bond acceptors (Lipinski definition) is 4. The SMILES string of the molecule is Cc1cccc(Oc2nc[nH]c(=O)c2Cl)c1N. The fourth-order valence-electron chi connectivity index (χ4n) is 1.28. The molecule has 0 aliphatic rings. The number of halogens is 1. The molecule has 1 aromatic carbocycles. The fourth-order valence-corrected chi connectivity index (χ4v) is 1.43. The molecule has 1 aromatic heterocycles. The first-order valence-corrected chi connectivity index (χ1v) is 5.23. The van der Waals surface area contributed by atoms with Gasteiger partial charge in [-0.1, -0.05) is 23.7 Å². The summed E-state index contributed by atoms with van der Waals surface area (Å²) in [5.41, 5.74) is 6.75. The van der Waals surface area contributed by atoms with Crippen molar-refractivity contribution < 1.29 is 4.74 Å². The molecular weight excluding hydrogens is 242 g/mol. The van der Waals surface area contributed by atoms with Crippen LogP contribution in [0, 0.1) is 6.92 Å². The maximum absolute atomic E-state index is 11.2. The Hall–Kier alpha value is -2.01. The summed E-state index contributed by atoms with van der Waals surface area (Å²) in [5, 5.41) is -0.103. The second-order valence-electron chi connectivity index (χ2n) is 3.44. The summed E-state index contributed by atoms with van der Waals surface area (Å²) in [6.45, 7) is 1.86. The molecular formula is C11H10ClN3O2. The molecule has 0 saturated carbocycles. The number of para-hydroxylation sites is 1. The zero-order valence-corrected chi connectivity index (χ0v) is 9.78. The number of rotatable bonds is 2. The van der Waals surface area contributed by atoms with E-state index >= 15 is 0 Å². The summed E-state index contributed by atoms with van der Waals surface area (Å²) in [7, 11) is 0. The van der Waals surface area contributed by atoms with Gasteiger partial charge in [-0.25, -0.2) is 4.98 Å². The van der Waals surface area contributed by atoms with Crippen LogP contribution < -0.4 is 16.0 Å². The summed E-state index contributed by atoms with van der Waals surface area (Å²) in [4.78, 5) is 17.4. The molecule has 2 aromatic rings. The van der Waals surface area contributed by atoms with E-state index in [0.29, 0.717) is 11.4 Å². The van der Waals surface area contributed by atoms with Crippen LogP contribution in [0.1, 0.15) is 5.56 Å². The molecule has 0 amide bonds. The van der Waals surface area contributed by atoms with E-state index in [-0.39, 0.29) is 10.9 Å². The second-order valence-corrected chi connectivity index (χ2v) is 3.82. The molecule has 0 bridgehead atoms. The monoisotopic (exact) mass is 251 g/mol. The molecule has 0 unspecified atom stereocenters. The molecule has 0 radical (unpaired) electrons. The third kappa shape index (κ3) is 2.24. The number of H-pyrrole nitrogens is 1. The molecule has 0 aliphatic carbocycles. The number of hydrogen-bond donors (Lipinski definition) is 2. The lowest BCUT2D eigenvalue weighted by molar-refractivity contribution is 0.463. The Morgan fingerprint density at radius 3 is 3.00 bits per heavy atom. The van der Waals surface area contributed by atoms with Gasteiger partial charge in [-0.15, -0.1) is 0 Å². The highest BCUT2D eigenvalue weighted by Gasteiger charge is 2.10. The van der Waals surface area contributed by atoms with Gasteiger partial charge in [0.2, 0.25) is 5.88 Å². The first-order valence-electron chi connectivity index (χ1n) is 4.85. The van der Waals surface area contributed by atoms with Gasteiger partial charge in [0, 0.05) is 0 Å². The number of aromatic amines is 1. The fraction of sp³-hybridized carbons (Fsp3) is 0.0909. The van der Waals surface area contributed by atoms with Crippen molar-refractivity contribution in [1.29, 1.82) is 0 Å². The largest absolute Gasteiger partial charge is 0.435 e. The molecule has 0 spiro atoms. The van der Waals surface area contributed by atoms with Crippen LogP contribution in [0.15, 0.2) is 29.3 Å². The van der Waals surface area contributed by atoms with Crippen molar-refractivity contribution in [2.75, 3.05) is 5.73 Å². The van der Waals surface area contributed by atoms with Gasteiger partial charge in [0.25, 0.3) is 5.56 Å². The van der Waals surface area contributed by atoms with E-state index in [0.717, 1.165) is 5.56 Å². The summed E-state index contributed by atoms with van der Waals surface area (Å²) in [6.07, 6.45) is 1.22. The molecule has 2 rings (SSSR count). The Labute approximate surface area is 102 Å². The van der Waals surface area contributed by atoms with Crippen LogP contribution in [0.2, 0.25) is 5.02 Å². The van der Waals surface area contributed by atoms with Gasteiger partial charge in [-0.3, -0.25) is 4.79 Å². The number of nitrogens with zero attached hydrogens (tertiary/aromatic N) is 1. The number of aryl methyl sites for hydroxylation is 1. The lowest BCUT2D eigenvalue weighted by atomic mass is 10.2. The van der Waals surface area contributed by atoms with Crippen LogP contribution in [0.25, 0.3) is 0 Å². The molecule has 88 valence electrons. The van der Waals surface area contributed by atoms with Crippen LogP contribution in [-0.2, 0) is 0 Å². The van der Waals surface area contributed by atoms with Gasteiger partial charge in [-0.2, -0.15) is 0 Å². The van der Waals surface area contributed by atoms with E-state index in [1.165, 1.54) is 6.33 Å². The lowest BCUT2D eigenvalue weighted by Gasteiger charge is -2.09. The van der Waals surface area contributed by atoms with E-state index in [1.807, 2.05) is 13.0 Å². The molecule has 17 heavy (non-hydrogen) atoms. The number of benzene rings is 1. The Balaban J connectivity index is 2.42. The number of nitrogens with two attached hydrogens (primary N) is 1. The summed E-state index contributed by atoms with van der Waals surface area (Å²) in [5.74, 6) is 0.456. The van der Waals surface area contributed by atoms with Gasteiger partial charge >= 0.3 is 0 Å². The van der Waals surface area contributed by atoms with Crippen LogP contribution in [0.5, 0.6) is 11.6 Å². The van der Waals surface area contributed by atoms with Gasteiger partial charge in [-0.05, 0) is 18.6 Å². The maximum atomic E-state index is 11.2. The molecule has 6 heteroatoms. The van der Waals surface area contributed by atoms with E-state index < -0.39 is 5.56 Å². The molecule has 5 nitrogen and oxygen atoms in total. The quantitative estimate of drug-likeness (QED) is 0.801. The van der Waals surface area contributed by atoms with Crippen LogP contribution in [0.4, 0.5) is 5.69 Å². The van der Waals surface area contributed by atoms with Crippen molar-refractivity contribution in [3.05, 3.63) is 45.5 Å². The Morgan fingerprint density at radius 2 is 2.24 bits per heavy atom. The summed E-state index contributed by atoms with van der Waals surface area (Å²) < 4.78 is 5.41. The zero-order chi connectivity index (χ0) is 12.4. The van der Waals surface area contributed by atoms with Gasteiger partial charge < -0.3 is 15.5 Å². The average Bonchev–Trinajstić information content (AvgIpc) is 2.31. The van der Waals surface area contributed by atoms with Crippen LogP contribution in [0.3, 0.4) is 0 Å². The smallest absolute Gasteiger partial charge is 0.273 e. The second kappa shape index (κ2) is 4.47. The number of nitrogen functional groups attached to an aromatic ring is 1. The number of ether oxygens (including phenoxy) is 1. The molecule has 0 fully saturated rings. The van der Waals surface area contributed by atoms with Crippen molar-refractivity contribution >= 4 is 17.3 Å². The minimum atomic E-state index is -0.456. The van der Waals surface area contributed by atoms with Crippen LogP contribution >= 0.6 is 11.6 Å². The topological polar surface area (TPSA) is 81.0 Å². The highest BCUT2D eigenvalue weighted by Crippen LogP contribution is 2.30. The third-order valence-electron chi connectivity index (χ3n) is 2.26. The average molecular weight is 252 g/mol. The summed E-state index contributed by atoms with van der Waals surface area (Å²) >= 11 is 5.76. The van der Waals surface area contributed by atoms with Gasteiger partial charge in [0.1, 0.15) is 0 Å². The Kier molecular flexibility index (Phi) is 3.01. The predicted molar refractivity (Wildman–Crippen MR) is 65.5 cm³/mol. The summed E-state index contributed by atoms with van der Waals surface area (Å²) in [6, 6.07) is 5.33. The Bertz CT molecular complexity index is 610. The molecule has 0 aliphatic heterocycles. The van der Waals surface area contributed by atoms with Crippen molar-refractivity contribution in [2.24, 2.45) is 0 Å². The van der Waals surface area contributed by atoms with Crippen molar-refractivity contribution in [3.63, 3.8) is 0 Å². The highest BCUT2D eigenvalue weighted by molar-refractivity contribution is 6.31. The molecule has 0 saturated heterocycles. The Morgan fingerprint density at radius 1 is 1.47 bits per heavy atom. The first kappa shape index (κ1) is 11.5. The van der Waals surface area contributed by atoms with E-state index in [2.05, 4.69) is 9.97 Å². The van der Waals surface area contributed by atoms with E-state index in [9.17, 15) is 4.79 Å². The number of nitrogens with one attached hydrogen (secondary N) is 1. The minimum absolute atomic E-state index is 0.0349. The molecule has 0 atom stereocenters. The zero-order valence-electron chi connectivity index (χ0n) is 9.03. The van der Waals surface area contributed by atoms with Crippen molar-refractivity contribution in [3.8, 4) is 11.6 Å². The van der Waals surface area contributed by atoms with Gasteiger partial charge in [0.15, 0.2) is 10.8 Å². The normalized spacial score (nSPS) is 10.2. The van der Waals surface area contributed by atoms with Crippen LogP contribution in [-0.4, -0.2) is 9.97 Å². The van der Waals surface area contributed by atoms with E-state index in [1.54, 1.807) is 12.1 Å². The first-order chi connectivity index (χ1) is 8.09. The van der Waals surface area contributed by atoms with E-state index in [4.69, 9.17) is 22.1 Å².